The fraction of sp³-hybridized carbons (Fsp3) is 0.370. The molecule has 0 spiro atoms. The van der Waals surface area contributed by atoms with Crippen LogP contribution in [-0.4, -0.2) is 5.78 Å². The number of carbonyl (C=O) groups excluding carboxylic acids is 1. The van der Waals surface area contributed by atoms with Crippen LogP contribution < -0.4 is 0 Å². The van der Waals surface area contributed by atoms with Crippen LogP contribution in [-0.2, 0) is 4.79 Å². The number of nitrogens with zero attached hydrogens (tertiary/aromatic N) is 2. The Balaban J connectivity index is 2.27. The van der Waals surface area contributed by atoms with Gasteiger partial charge in [-0.05, 0) is 66.7 Å². The average Bonchev–Trinajstić information content (AvgIpc) is 3.07. The monoisotopic (exact) mass is 416 g/mol. The molecule has 0 fully saturated rings. The highest BCUT2D eigenvalue weighted by molar-refractivity contribution is 6.12. The predicted molar refractivity (Wildman–Crippen MR) is 126 cm³/mol. The van der Waals surface area contributed by atoms with Crippen molar-refractivity contribution in [2.24, 2.45) is 21.1 Å². The van der Waals surface area contributed by atoms with E-state index < -0.39 is 0 Å². The van der Waals surface area contributed by atoms with Crippen molar-refractivity contribution in [1.29, 1.82) is 0 Å². The lowest BCUT2D eigenvalue weighted by molar-refractivity contribution is -0.114. The number of Topliss-reactive ketones (excluding diaryl/α,β-unsaturated/α-hetero) is 1. The molecule has 0 saturated carbocycles. The summed E-state index contributed by atoms with van der Waals surface area (Å²) in [5, 5.41) is 9.10. The molecule has 0 atom stereocenters. The predicted octanol–water partition coefficient (Wildman–Crippen LogP) is 7.92. The van der Waals surface area contributed by atoms with E-state index >= 15 is 0 Å². The number of ketones is 1. The second kappa shape index (κ2) is 8.26. The number of aryl methyl sites for hydroxylation is 2. The first-order valence-corrected chi connectivity index (χ1v) is 10.6. The van der Waals surface area contributed by atoms with E-state index in [2.05, 4.69) is 51.8 Å². The Hall–Kier alpha value is -3.01. The molecule has 0 radical (unpaired) electrons. The number of hydrogen-bond donors (Lipinski definition) is 0. The molecular formula is C27H32N2O2. The van der Waals surface area contributed by atoms with Crippen molar-refractivity contribution in [3.8, 4) is 0 Å². The van der Waals surface area contributed by atoms with Gasteiger partial charge >= 0.3 is 0 Å². The number of allylic oxidation sites excluding steroid dienone is 5. The van der Waals surface area contributed by atoms with Crippen molar-refractivity contribution in [1.82, 2.24) is 0 Å². The van der Waals surface area contributed by atoms with Crippen LogP contribution in [0, 0.1) is 24.7 Å². The third kappa shape index (κ3) is 5.19. The number of benzene rings is 1. The highest BCUT2D eigenvalue weighted by atomic mass is 16.3. The van der Waals surface area contributed by atoms with Crippen LogP contribution in [0.4, 0.5) is 5.69 Å². The molecule has 0 unspecified atom stereocenters. The summed E-state index contributed by atoms with van der Waals surface area (Å²) >= 11 is 0. The first kappa shape index (κ1) is 22.7. The zero-order valence-electron chi connectivity index (χ0n) is 19.8. The minimum absolute atomic E-state index is 0.0920. The molecule has 3 rings (SSSR count). The lowest BCUT2D eigenvalue weighted by Gasteiger charge is -2.31. The van der Waals surface area contributed by atoms with Gasteiger partial charge < -0.3 is 4.42 Å². The van der Waals surface area contributed by atoms with Gasteiger partial charge in [-0.2, -0.15) is 5.11 Å². The summed E-state index contributed by atoms with van der Waals surface area (Å²) in [6, 6.07) is 11.7. The van der Waals surface area contributed by atoms with E-state index in [1.807, 2.05) is 62.4 Å². The zero-order chi connectivity index (χ0) is 23.0. The van der Waals surface area contributed by atoms with Gasteiger partial charge in [0.2, 0.25) is 0 Å². The molecule has 1 aromatic heterocycles. The van der Waals surface area contributed by atoms with E-state index in [-0.39, 0.29) is 16.6 Å². The van der Waals surface area contributed by atoms with Gasteiger partial charge in [0.1, 0.15) is 11.5 Å². The fourth-order valence-corrected chi connectivity index (χ4v) is 3.49. The van der Waals surface area contributed by atoms with E-state index in [1.54, 1.807) is 0 Å². The third-order valence-electron chi connectivity index (χ3n) is 5.22. The zero-order valence-corrected chi connectivity index (χ0v) is 19.8. The summed E-state index contributed by atoms with van der Waals surface area (Å²) in [4.78, 5) is 13.3. The Morgan fingerprint density at radius 3 is 1.97 bits per heavy atom. The van der Waals surface area contributed by atoms with E-state index in [1.165, 1.54) is 0 Å². The molecule has 0 amide bonds. The molecular weight excluding hydrogens is 384 g/mol. The van der Waals surface area contributed by atoms with E-state index in [9.17, 15) is 4.79 Å². The summed E-state index contributed by atoms with van der Waals surface area (Å²) in [7, 11) is 0. The van der Waals surface area contributed by atoms with Gasteiger partial charge in [-0.1, -0.05) is 53.7 Å². The second-order valence-corrected chi connectivity index (χ2v) is 10.2. The summed E-state index contributed by atoms with van der Waals surface area (Å²) in [5.41, 5.74) is 4.27. The van der Waals surface area contributed by atoms with Crippen molar-refractivity contribution in [3.63, 3.8) is 0 Å². The lowest BCUT2D eigenvalue weighted by Crippen LogP contribution is -2.28. The maximum atomic E-state index is 13.3. The minimum atomic E-state index is -0.301. The molecule has 1 aliphatic carbocycles. The van der Waals surface area contributed by atoms with Crippen molar-refractivity contribution in [2.75, 3.05) is 0 Å². The van der Waals surface area contributed by atoms with Gasteiger partial charge in [-0.15, -0.1) is 5.11 Å². The maximum absolute atomic E-state index is 13.3. The van der Waals surface area contributed by atoms with Gasteiger partial charge in [0.15, 0.2) is 11.5 Å². The standard InChI is InChI=1S/C27H32N2O2/c1-17-10-9-11-20(14-17)28-29-24(23-13-12-18(2)31-23)19-15-21(26(3,4)5)25(30)22(16-19)27(6,7)8/h9-16H,1-8H3. The Morgan fingerprint density at radius 1 is 0.871 bits per heavy atom. The molecule has 4 heteroatoms. The number of carbonyl (C=O) groups is 1. The van der Waals surface area contributed by atoms with Crippen molar-refractivity contribution in [2.45, 2.75) is 55.4 Å². The second-order valence-electron chi connectivity index (χ2n) is 10.2. The van der Waals surface area contributed by atoms with Crippen LogP contribution in [0.1, 0.15) is 58.6 Å². The molecule has 2 aromatic rings. The highest BCUT2D eigenvalue weighted by Crippen LogP contribution is 2.41. The molecule has 0 bridgehead atoms. The Bertz CT molecular complexity index is 1090. The van der Waals surface area contributed by atoms with Crippen molar-refractivity contribution in [3.05, 3.63) is 82.4 Å². The Morgan fingerprint density at radius 2 is 1.48 bits per heavy atom. The normalized spacial score (nSPS) is 15.4. The smallest absolute Gasteiger partial charge is 0.186 e. The molecule has 1 aromatic carbocycles. The Kier molecular flexibility index (Phi) is 6.04. The molecule has 1 aliphatic rings. The van der Waals surface area contributed by atoms with Crippen molar-refractivity contribution < 1.29 is 9.21 Å². The number of azo groups is 1. The molecule has 31 heavy (non-hydrogen) atoms. The number of furan rings is 1. The SMILES string of the molecule is Cc1cccc(N=NC(=C2C=C(C(C)(C)C)C(=O)C(C(C)(C)C)=C2)c2ccc(C)o2)c1. The minimum Gasteiger partial charge on any atom is -0.460 e. The third-order valence-corrected chi connectivity index (χ3v) is 5.22. The largest absolute Gasteiger partial charge is 0.460 e. The summed E-state index contributed by atoms with van der Waals surface area (Å²) in [6.07, 6.45) is 3.89. The van der Waals surface area contributed by atoms with Crippen LogP contribution in [0.5, 0.6) is 0 Å². The molecule has 4 nitrogen and oxygen atoms in total. The quantitative estimate of drug-likeness (QED) is 0.477. The van der Waals surface area contributed by atoms with Gasteiger partial charge in [-0.3, -0.25) is 4.79 Å². The van der Waals surface area contributed by atoms with Crippen LogP contribution in [0.3, 0.4) is 0 Å². The fourth-order valence-electron chi connectivity index (χ4n) is 3.49. The van der Waals surface area contributed by atoms with Gasteiger partial charge in [0.05, 0.1) is 5.69 Å². The average molecular weight is 417 g/mol. The Labute approximate surface area is 185 Å². The molecule has 0 saturated heterocycles. The molecule has 1 heterocycles. The molecule has 0 N–H and O–H groups in total. The van der Waals surface area contributed by atoms with Crippen LogP contribution in [0.25, 0.3) is 5.70 Å². The summed E-state index contributed by atoms with van der Waals surface area (Å²) < 4.78 is 5.92. The van der Waals surface area contributed by atoms with Gasteiger partial charge in [-0.25, -0.2) is 0 Å². The first-order chi connectivity index (χ1) is 14.4. The first-order valence-electron chi connectivity index (χ1n) is 10.6. The lowest BCUT2D eigenvalue weighted by atomic mass is 9.71. The van der Waals surface area contributed by atoms with Crippen molar-refractivity contribution >= 4 is 17.2 Å². The molecule has 162 valence electrons. The molecule has 0 aliphatic heterocycles. The highest BCUT2D eigenvalue weighted by Gasteiger charge is 2.35. The van der Waals surface area contributed by atoms with E-state index in [0.29, 0.717) is 11.5 Å². The van der Waals surface area contributed by atoms with Crippen LogP contribution >= 0.6 is 0 Å². The van der Waals surface area contributed by atoms with E-state index in [4.69, 9.17) is 4.42 Å². The number of hydrogen-bond acceptors (Lipinski definition) is 4. The topological polar surface area (TPSA) is 54.9 Å². The van der Waals surface area contributed by atoms with E-state index in [0.717, 1.165) is 33.7 Å². The van der Waals surface area contributed by atoms with Crippen LogP contribution in [0.2, 0.25) is 0 Å². The van der Waals surface area contributed by atoms with Crippen LogP contribution in [0.15, 0.2) is 79.9 Å². The summed E-state index contributed by atoms with van der Waals surface area (Å²) in [6.45, 7) is 16.3. The number of rotatable bonds is 3. The summed E-state index contributed by atoms with van der Waals surface area (Å²) in [5.74, 6) is 1.52. The maximum Gasteiger partial charge on any atom is 0.186 e. The van der Waals surface area contributed by atoms with Gasteiger partial charge in [0.25, 0.3) is 0 Å². The van der Waals surface area contributed by atoms with Gasteiger partial charge in [0, 0.05) is 16.7 Å².